The minimum absolute atomic E-state index is 0.0488. The van der Waals surface area contributed by atoms with Crippen LogP contribution >= 0.6 is 0 Å². The monoisotopic (exact) mass is 236 g/mol. The Kier molecular flexibility index (Phi) is 3.47. The summed E-state index contributed by atoms with van der Waals surface area (Å²) in [5.41, 5.74) is 5.81. The molecule has 1 fully saturated rings. The van der Waals surface area contributed by atoms with Crippen molar-refractivity contribution in [1.82, 2.24) is 9.78 Å². The summed E-state index contributed by atoms with van der Waals surface area (Å²) in [5.74, 6) is 0.979. The second-order valence-electron chi connectivity index (χ2n) is 4.74. The Bertz CT molecular complexity index is 401. The number of nitrogens with two attached hydrogens (primary N) is 1. The third-order valence-electron chi connectivity index (χ3n) is 3.20. The van der Waals surface area contributed by atoms with Gasteiger partial charge in [-0.25, -0.2) is 4.68 Å². The smallest absolute Gasteiger partial charge is 0.229 e. The number of hydrogen-bond acceptors (Lipinski definition) is 3. The van der Waals surface area contributed by atoms with Crippen LogP contribution in [0.3, 0.4) is 0 Å². The lowest BCUT2D eigenvalue weighted by Gasteiger charge is -2.21. The standard InChI is InChI=1S/C12H20N4O/c1-3-4-9(2)16-11(5-6-14-16)15-8-10(13)7-12(15)17/h5-6,9-10H,3-4,7-8,13H2,1-2H3. The van der Waals surface area contributed by atoms with Crippen LogP contribution in [-0.2, 0) is 4.79 Å². The van der Waals surface area contributed by atoms with Gasteiger partial charge >= 0.3 is 0 Å². The predicted octanol–water partition coefficient (Wildman–Crippen LogP) is 1.31. The summed E-state index contributed by atoms with van der Waals surface area (Å²) in [5, 5.41) is 4.32. The predicted molar refractivity (Wildman–Crippen MR) is 66.8 cm³/mol. The third kappa shape index (κ3) is 2.34. The fourth-order valence-corrected chi connectivity index (χ4v) is 2.36. The number of hydrogen-bond donors (Lipinski definition) is 1. The van der Waals surface area contributed by atoms with E-state index in [0.717, 1.165) is 18.7 Å². The van der Waals surface area contributed by atoms with Crippen molar-refractivity contribution in [3.05, 3.63) is 12.3 Å². The highest BCUT2D eigenvalue weighted by Crippen LogP contribution is 2.25. The largest absolute Gasteiger partial charge is 0.326 e. The third-order valence-corrected chi connectivity index (χ3v) is 3.20. The zero-order valence-corrected chi connectivity index (χ0v) is 10.5. The zero-order chi connectivity index (χ0) is 12.4. The quantitative estimate of drug-likeness (QED) is 0.857. The molecular formula is C12H20N4O. The molecule has 0 bridgehead atoms. The lowest BCUT2D eigenvalue weighted by molar-refractivity contribution is -0.117. The summed E-state index contributed by atoms with van der Waals surface area (Å²) < 4.78 is 1.93. The molecule has 0 aliphatic carbocycles. The van der Waals surface area contributed by atoms with E-state index in [9.17, 15) is 4.79 Å². The van der Waals surface area contributed by atoms with Gasteiger partial charge in [0.15, 0.2) is 0 Å². The minimum Gasteiger partial charge on any atom is -0.326 e. The number of aromatic nitrogens is 2. The number of anilines is 1. The SMILES string of the molecule is CCCC(C)n1nccc1N1CC(N)CC1=O. The number of carbonyl (C=O) groups excluding carboxylic acids is 1. The molecule has 94 valence electrons. The van der Waals surface area contributed by atoms with E-state index >= 15 is 0 Å². The van der Waals surface area contributed by atoms with Gasteiger partial charge in [-0.15, -0.1) is 0 Å². The molecule has 5 nitrogen and oxygen atoms in total. The Morgan fingerprint density at radius 3 is 3.00 bits per heavy atom. The Morgan fingerprint density at radius 2 is 2.41 bits per heavy atom. The summed E-state index contributed by atoms with van der Waals surface area (Å²) in [6, 6.07) is 2.16. The van der Waals surface area contributed by atoms with E-state index in [-0.39, 0.29) is 11.9 Å². The maximum atomic E-state index is 11.8. The topological polar surface area (TPSA) is 64.2 Å². The zero-order valence-electron chi connectivity index (χ0n) is 10.5. The van der Waals surface area contributed by atoms with E-state index in [0.29, 0.717) is 19.0 Å². The van der Waals surface area contributed by atoms with Gasteiger partial charge in [-0.1, -0.05) is 13.3 Å². The van der Waals surface area contributed by atoms with Crippen LogP contribution in [0, 0.1) is 0 Å². The van der Waals surface area contributed by atoms with Crippen molar-refractivity contribution in [3.8, 4) is 0 Å². The van der Waals surface area contributed by atoms with Crippen molar-refractivity contribution in [1.29, 1.82) is 0 Å². The first-order chi connectivity index (χ1) is 8.13. The molecule has 0 aromatic carbocycles. The Hall–Kier alpha value is -1.36. The lowest BCUT2D eigenvalue weighted by Crippen LogP contribution is -2.30. The molecule has 17 heavy (non-hydrogen) atoms. The molecule has 2 N–H and O–H groups in total. The van der Waals surface area contributed by atoms with Crippen molar-refractivity contribution < 1.29 is 4.79 Å². The lowest BCUT2D eigenvalue weighted by atomic mass is 10.2. The summed E-state index contributed by atoms with van der Waals surface area (Å²) in [6.07, 6.45) is 4.35. The minimum atomic E-state index is -0.0488. The molecular weight excluding hydrogens is 216 g/mol. The highest BCUT2D eigenvalue weighted by atomic mass is 16.2. The van der Waals surface area contributed by atoms with Crippen LogP contribution in [0.5, 0.6) is 0 Å². The molecule has 2 heterocycles. The van der Waals surface area contributed by atoms with Gasteiger partial charge in [-0.3, -0.25) is 9.69 Å². The van der Waals surface area contributed by atoms with E-state index in [1.54, 1.807) is 11.1 Å². The normalized spacial score (nSPS) is 22.2. The second kappa shape index (κ2) is 4.87. The van der Waals surface area contributed by atoms with E-state index < -0.39 is 0 Å². The number of nitrogens with zero attached hydrogens (tertiary/aromatic N) is 3. The van der Waals surface area contributed by atoms with E-state index in [1.165, 1.54) is 0 Å². The van der Waals surface area contributed by atoms with Crippen LogP contribution in [0.4, 0.5) is 5.82 Å². The first kappa shape index (κ1) is 12.1. The van der Waals surface area contributed by atoms with E-state index in [1.807, 2.05) is 10.7 Å². The molecule has 2 unspecified atom stereocenters. The van der Waals surface area contributed by atoms with Gasteiger partial charge in [0.25, 0.3) is 0 Å². The van der Waals surface area contributed by atoms with Crippen molar-refractivity contribution in [3.63, 3.8) is 0 Å². The van der Waals surface area contributed by atoms with Crippen LogP contribution in [0.1, 0.15) is 39.2 Å². The number of rotatable bonds is 4. The summed E-state index contributed by atoms with van der Waals surface area (Å²) in [4.78, 5) is 13.6. The van der Waals surface area contributed by atoms with Crippen molar-refractivity contribution in [2.45, 2.75) is 45.2 Å². The molecule has 1 aromatic rings. The molecule has 1 aliphatic rings. The van der Waals surface area contributed by atoms with Gasteiger partial charge in [0.05, 0.1) is 12.2 Å². The molecule has 1 aromatic heterocycles. The molecule has 0 saturated carbocycles. The summed E-state index contributed by atoms with van der Waals surface area (Å²) in [7, 11) is 0. The van der Waals surface area contributed by atoms with Crippen LogP contribution in [0.15, 0.2) is 12.3 Å². The van der Waals surface area contributed by atoms with Crippen LogP contribution in [-0.4, -0.2) is 28.3 Å². The molecule has 1 amide bonds. The Morgan fingerprint density at radius 1 is 1.65 bits per heavy atom. The summed E-state index contributed by atoms with van der Waals surface area (Å²) in [6.45, 7) is 4.88. The fraction of sp³-hybridized carbons (Fsp3) is 0.667. The average Bonchev–Trinajstić information content (AvgIpc) is 2.84. The van der Waals surface area contributed by atoms with Gasteiger partial charge in [-0.05, 0) is 13.3 Å². The second-order valence-corrected chi connectivity index (χ2v) is 4.74. The molecule has 1 saturated heterocycles. The van der Waals surface area contributed by atoms with Crippen molar-refractivity contribution in [2.24, 2.45) is 5.73 Å². The number of carbonyl (C=O) groups is 1. The molecule has 2 atom stereocenters. The van der Waals surface area contributed by atoms with Gasteiger partial charge in [0, 0.05) is 25.1 Å². The average molecular weight is 236 g/mol. The highest BCUT2D eigenvalue weighted by Gasteiger charge is 2.30. The maximum absolute atomic E-state index is 11.8. The Labute approximate surface area is 102 Å². The fourth-order valence-electron chi connectivity index (χ4n) is 2.36. The first-order valence-corrected chi connectivity index (χ1v) is 6.23. The molecule has 1 aliphatic heterocycles. The first-order valence-electron chi connectivity index (χ1n) is 6.23. The maximum Gasteiger partial charge on any atom is 0.229 e. The Balaban J connectivity index is 2.21. The molecule has 0 radical (unpaired) electrons. The highest BCUT2D eigenvalue weighted by molar-refractivity contribution is 5.95. The van der Waals surface area contributed by atoms with Gasteiger partial charge < -0.3 is 5.73 Å². The number of amides is 1. The van der Waals surface area contributed by atoms with Crippen LogP contribution < -0.4 is 10.6 Å². The van der Waals surface area contributed by atoms with Gasteiger partial charge in [-0.2, -0.15) is 5.10 Å². The molecule has 2 rings (SSSR count). The van der Waals surface area contributed by atoms with Gasteiger partial charge in [0.1, 0.15) is 5.82 Å². The van der Waals surface area contributed by atoms with E-state index in [4.69, 9.17) is 5.73 Å². The van der Waals surface area contributed by atoms with E-state index in [2.05, 4.69) is 18.9 Å². The van der Waals surface area contributed by atoms with Gasteiger partial charge in [0.2, 0.25) is 5.91 Å². The molecule has 0 spiro atoms. The van der Waals surface area contributed by atoms with Crippen LogP contribution in [0.25, 0.3) is 0 Å². The summed E-state index contributed by atoms with van der Waals surface area (Å²) >= 11 is 0. The van der Waals surface area contributed by atoms with Crippen molar-refractivity contribution in [2.75, 3.05) is 11.4 Å². The van der Waals surface area contributed by atoms with Crippen LogP contribution in [0.2, 0.25) is 0 Å². The van der Waals surface area contributed by atoms with Crippen molar-refractivity contribution >= 4 is 11.7 Å². The molecule has 5 heteroatoms.